The summed E-state index contributed by atoms with van der Waals surface area (Å²) in [7, 11) is 0. The fraction of sp³-hybridized carbons (Fsp3) is 0.550. The Labute approximate surface area is 164 Å². The third-order valence-electron chi connectivity index (χ3n) is 5.13. The molecule has 1 N–H and O–H groups in total. The predicted molar refractivity (Wildman–Crippen MR) is 101 cm³/mol. The number of rotatable bonds is 7. The average molecular weight is 396 g/mol. The monoisotopic (exact) mass is 395 g/mol. The van der Waals surface area contributed by atoms with Crippen LogP contribution in [0.3, 0.4) is 0 Å². The van der Waals surface area contributed by atoms with Crippen molar-refractivity contribution >= 4 is 29.4 Å². The molecule has 1 fully saturated rings. The molecule has 0 bridgehead atoms. The lowest BCUT2D eigenvalue weighted by Crippen LogP contribution is -2.56. The van der Waals surface area contributed by atoms with Crippen LogP contribution in [0.4, 0.5) is 0 Å². The first kappa shape index (κ1) is 21.2. The largest absolute Gasteiger partial charge is 0.481 e. The van der Waals surface area contributed by atoms with Crippen molar-refractivity contribution in [3.8, 4) is 0 Å². The maximum Gasteiger partial charge on any atom is 0.328 e. The molecule has 1 heterocycles. The quantitative estimate of drug-likeness (QED) is 0.709. The summed E-state index contributed by atoms with van der Waals surface area (Å²) in [6.45, 7) is 5.41. The third-order valence-corrected chi connectivity index (χ3v) is 5.39. The van der Waals surface area contributed by atoms with Gasteiger partial charge in [0.15, 0.2) is 0 Å². The number of benzene rings is 1. The Hall–Kier alpha value is -2.08. The first-order valence-electron chi connectivity index (χ1n) is 9.20. The van der Waals surface area contributed by atoms with Crippen molar-refractivity contribution in [2.45, 2.75) is 58.5 Å². The highest BCUT2D eigenvalue weighted by Crippen LogP contribution is 2.44. The molecule has 1 aromatic carbocycles. The summed E-state index contributed by atoms with van der Waals surface area (Å²) < 4.78 is 5.18. The highest BCUT2D eigenvalue weighted by Gasteiger charge is 2.49. The number of carbonyl (C=O) groups excluding carboxylic acids is 2. The zero-order valence-electron chi connectivity index (χ0n) is 15.9. The highest BCUT2D eigenvalue weighted by atomic mass is 35.5. The Morgan fingerprint density at radius 2 is 1.96 bits per heavy atom. The third kappa shape index (κ3) is 4.61. The van der Waals surface area contributed by atoms with Crippen LogP contribution in [0.2, 0.25) is 5.02 Å². The number of aliphatic carboxylic acids is 1. The van der Waals surface area contributed by atoms with Gasteiger partial charge in [-0.05, 0) is 43.9 Å². The van der Waals surface area contributed by atoms with Gasteiger partial charge in [0.05, 0.1) is 24.5 Å². The molecule has 1 aliphatic rings. The van der Waals surface area contributed by atoms with E-state index < -0.39 is 23.4 Å². The van der Waals surface area contributed by atoms with Crippen molar-refractivity contribution in [1.29, 1.82) is 0 Å². The van der Waals surface area contributed by atoms with Gasteiger partial charge in [0.2, 0.25) is 5.91 Å². The number of esters is 1. The summed E-state index contributed by atoms with van der Waals surface area (Å²) in [4.78, 5) is 38.7. The van der Waals surface area contributed by atoms with Gasteiger partial charge >= 0.3 is 11.9 Å². The molecule has 1 aromatic rings. The molecule has 3 unspecified atom stereocenters. The zero-order chi connectivity index (χ0) is 20.2. The molecule has 148 valence electrons. The van der Waals surface area contributed by atoms with Gasteiger partial charge in [-0.15, -0.1) is 0 Å². The number of nitrogens with zero attached hydrogens (tertiary/aromatic N) is 1. The number of ether oxygens (including phenoxy) is 1. The Kier molecular flexibility index (Phi) is 6.87. The number of carboxylic acids is 1. The van der Waals surface area contributed by atoms with Gasteiger partial charge in [-0.3, -0.25) is 9.59 Å². The Morgan fingerprint density at radius 3 is 2.48 bits per heavy atom. The molecule has 6 nitrogen and oxygen atoms in total. The lowest BCUT2D eigenvalue weighted by atomic mass is 9.74. The van der Waals surface area contributed by atoms with Crippen LogP contribution in [0.15, 0.2) is 24.3 Å². The van der Waals surface area contributed by atoms with Crippen molar-refractivity contribution in [3.05, 3.63) is 34.9 Å². The van der Waals surface area contributed by atoms with Crippen molar-refractivity contribution in [1.82, 2.24) is 4.90 Å². The number of piperidine rings is 1. The van der Waals surface area contributed by atoms with Gasteiger partial charge in [0.1, 0.15) is 6.04 Å². The van der Waals surface area contributed by atoms with E-state index in [9.17, 15) is 19.5 Å². The summed E-state index contributed by atoms with van der Waals surface area (Å²) >= 11 is 5.98. The molecule has 3 atom stereocenters. The lowest BCUT2D eigenvalue weighted by Gasteiger charge is -2.46. The van der Waals surface area contributed by atoms with E-state index in [0.717, 1.165) is 5.56 Å². The molecule has 0 aromatic heterocycles. The first-order valence-corrected chi connectivity index (χ1v) is 9.58. The van der Waals surface area contributed by atoms with Crippen LogP contribution >= 0.6 is 11.6 Å². The summed E-state index contributed by atoms with van der Waals surface area (Å²) in [6, 6.07) is 6.08. The number of carboxylic acid groups (broad SMARTS) is 1. The molecule has 1 amide bonds. The van der Waals surface area contributed by atoms with Gasteiger partial charge in [-0.1, -0.05) is 37.6 Å². The molecule has 27 heavy (non-hydrogen) atoms. The van der Waals surface area contributed by atoms with E-state index in [2.05, 4.69) is 0 Å². The molecular weight excluding hydrogens is 370 g/mol. The summed E-state index contributed by atoms with van der Waals surface area (Å²) in [6.07, 6.45) is 1.11. The maximum absolute atomic E-state index is 13.4. The SMILES string of the molecule is CCOC(=O)C(CC)N1C(=O)C(C)(CC(=O)O)CCC1c1ccc(Cl)cc1. The molecule has 1 saturated heterocycles. The summed E-state index contributed by atoms with van der Waals surface area (Å²) in [5, 5.41) is 9.84. The standard InChI is InChI=1S/C20H26ClNO5/c1-4-15(18(25)27-5-2)22-16(13-6-8-14(21)9-7-13)10-11-20(3,19(22)26)12-17(23)24/h6-9,15-16H,4-5,10-12H2,1-3H3,(H,23,24). The predicted octanol–water partition coefficient (Wildman–Crippen LogP) is 3.83. The molecule has 0 saturated carbocycles. The van der Waals surface area contributed by atoms with Crippen LogP contribution < -0.4 is 0 Å². The second-order valence-corrected chi connectivity index (χ2v) is 7.56. The van der Waals surface area contributed by atoms with Crippen molar-refractivity contribution in [2.24, 2.45) is 5.41 Å². The number of amides is 1. The number of hydrogen-bond acceptors (Lipinski definition) is 4. The van der Waals surface area contributed by atoms with Crippen LogP contribution in [0.1, 0.15) is 58.1 Å². The number of halogens is 1. The number of hydrogen-bond donors (Lipinski definition) is 1. The second-order valence-electron chi connectivity index (χ2n) is 7.13. The van der Waals surface area contributed by atoms with Gasteiger partial charge in [0, 0.05) is 5.02 Å². The summed E-state index contributed by atoms with van der Waals surface area (Å²) in [5.41, 5.74) is -0.179. The minimum absolute atomic E-state index is 0.218. The van der Waals surface area contributed by atoms with Gasteiger partial charge < -0.3 is 14.7 Å². The van der Waals surface area contributed by atoms with E-state index in [1.54, 1.807) is 26.0 Å². The highest BCUT2D eigenvalue weighted by molar-refractivity contribution is 6.30. The average Bonchev–Trinajstić information content (AvgIpc) is 2.60. The van der Waals surface area contributed by atoms with Crippen LogP contribution in [0, 0.1) is 5.41 Å². The normalized spacial score (nSPS) is 23.8. The molecule has 0 aliphatic carbocycles. The van der Waals surface area contributed by atoms with E-state index >= 15 is 0 Å². The van der Waals surface area contributed by atoms with E-state index in [1.165, 1.54) is 4.90 Å². The van der Waals surface area contributed by atoms with E-state index in [1.807, 2.05) is 19.1 Å². The topological polar surface area (TPSA) is 83.9 Å². The van der Waals surface area contributed by atoms with E-state index in [0.29, 0.717) is 24.3 Å². The minimum Gasteiger partial charge on any atom is -0.481 e. The van der Waals surface area contributed by atoms with Crippen molar-refractivity contribution in [3.63, 3.8) is 0 Å². The van der Waals surface area contributed by atoms with Crippen LogP contribution in [-0.4, -0.2) is 40.5 Å². The fourth-order valence-electron chi connectivity index (χ4n) is 3.74. The Bertz CT molecular complexity index is 705. The van der Waals surface area contributed by atoms with Crippen LogP contribution in [-0.2, 0) is 19.1 Å². The van der Waals surface area contributed by atoms with Crippen LogP contribution in [0.25, 0.3) is 0 Å². The second kappa shape index (κ2) is 8.74. The molecule has 0 spiro atoms. The Morgan fingerprint density at radius 1 is 1.33 bits per heavy atom. The van der Waals surface area contributed by atoms with Crippen molar-refractivity contribution in [2.75, 3.05) is 6.61 Å². The van der Waals surface area contributed by atoms with Gasteiger partial charge in [-0.25, -0.2) is 4.79 Å². The Balaban J connectivity index is 2.46. The lowest BCUT2D eigenvalue weighted by molar-refractivity contribution is -0.167. The summed E-state index contributed by atoms with van der Waals surface area (Å²) in [5.74, 6) is -1.82. The maximum atomic E-state index is 13.4. The molecular formula is C20H26ClNO5. The van der Waals surface area contributed by atoms with Gasteiger partial charge in [-0.2, -0.15) is 0 Å². The molecule has 2 rings (SSSR count). The van der Waals surface area contributed by atoms with E-state index in [-0.39, 0.29) is 25.0 Å². The molecule has 1 aliphatic heterocycles. The number of likely N-dealkylation sites (tertiary alicyclic amines) is 1. The minimum atomic E-state index is -1.05. The molecule has 7 heteroatoms. The zero-order valence-corrected chi connectivity index (χ0v) is 16.7. The first-order chi connectivity index (χ1) is 12.7. The van der Waals surface area contributed by atoms with Crippen LogP contribution in [0.5, 0.6) is 0 Å². The van der Waals surface area contributed by atoms with E-state index in [4.69, 9.17) is 16.3 Å². The smallest absolute Gasteiger partial charge is 0.328 e. The van der Waals surface area contributed by atoms with Gasteiger partial charge in [0.25, 0.3) is 0 Å². The fourth-order valence-corrected chi connectivity index (χ4v) is 3.86. The number of carbonyl (C=O) groups is 3. The molecule has 0 radical (unpaired) electrons. The van der Waals surface area contributed by atoms with Crippen molar-refractivity contribution < 1.29 is 24.2 Å².